The van der Waals surface area contributed by atoms with E-state index in [4.69, 9.17) is 18.9 Å². The van der Waals surface area contributed by atoms with Gasteiger partial charge in [-0.15, -0.1) is 0 Å². The summed E-state index contributed by atoms with van der Waals surface area (Å²) >= 11 is 0. The average Bonchev–Trinajstić information content (AvgIpc) is 3.38. The fraction of sp³-hybridized carbons (Fsp3) is 0.522. The third-order valence-electron chi connectivity index (χ3n) is 5.78. The largest absolute Gasteiger partial charge is 0.467 e. The van der Waals surface area contributed by atoms with E-state index in [0.717, 1.165) is 6.07 Å². The number of alkyl halides is 2. The lowest BCUT2D eigenvalue weighted by Crippen LogP contribution is -2.49. The van der Waals surface area contributed by atoms with Crippen LogP contribution < -0.4 is 15.5 Å². The van der Waals surface area contributed by atoms with E-state index >= 15 is 0 Å². The van der Waals surface area contributed by atoms with Crippen LogP contribution in [0.25, 0.3) is 0 Å². The lowest BCUT2D eigenvalue weighted by molar-refractivity contribution is -0.127. The molecule has 0 saturated carbocycles. The molecule has 0 bridgehead atoms. The normalized spacial score (nSPS) is 17.8. The van der Waals surface area contributed by atoms with Crippen molar-refractivity contribution in [3.05, 3.63) is 46.4 Å². The van der Waals surface area contributed by atoms with Crippen LogP contribution in [0.2, 0.25) is 0 Å². The topological polar surface area (TPSA) is 107 Å². The molecule has 2 N–H and O–H groups in total. The van der Waals surface area contributed by atoms with Crippen molar-refractivity contribution in [3.8, 4) is 6.01 Å². The van der Waals surface area contributed by atoms with Crippen molar-refractivity contribution in [1.82, 2.24) is 20.4 Å². The summed E-state index contributed by atoms with van der Waals surface area (Å²) in [6.45, 7) is 4.35. The summed E-state index contributed by atoms with van der Waals surface area (Å²) in [6.07, 6.45) is -3.98. The Morgan fingerprint density at radius 1 is 1.17 bits per heavy atom. The summed E-state index contributed by atoms with van der Waals surface area (Å²) in [5.74, 6) is -1.16. The molecule has 196 valence electrons. The molecule has 1 amide bonds. The number of halogens is 3. The summed E-state index contributed by atoms with van der Waals surface area (Å²) in [5.41, 5.74) is 2.80. The number of hydrogen-bond acceptors (Lipinski definition) is 9. The van der Waals surface area contributed by atoms with E-state index in [-0.39, 0.29) is 35.4 Å². The first-order chi connectivity index (χ1) is 17.4. The van der Waals surface area contributed by atoms with Crippen molar-refractivity contribution in [2.45, 2.75) is 32.1 Å². The summed E-state index contributed by atoms with van der Waals surface area (Å²) in [6, 6.07) is 3.00. The molecule has 1 aromatic carbocycles. The van der Waals surface area contributed by atoms with Crippen LogP contribution in [-0.2, 0) is 25.4 Å². The Morgan fingerprint density at radius 3 is 2.53 bits per heavy atom. The standard InChI is InChI=1S/C23H28F3N5O5/c1-13(14-4-3-5-15(19(14)24)20(25)26)27-21-18(22-35-10-11-36-22)16(28-23(29-21)33-2)12-17(32)30-31-6-8-34-9-7-31/h3-5,13,20,22H,6-12H2,1-2H3,(H,30,32)(H,27,28,29). The predicted octanol–water partition coefficient (Wildman–Crippen LogP) is 2.69. The summed E-state index contributed by atoms with van der Waals surface area (Å²) in [5, 5.41) is 4.80. The minimum absolute atomic E-state index is 0.0243. The fourth-order valence-corrected chi connectivity index (χ4v) is 4.00. The van der Waals surface area contributed by atoms with E-state index in [1.54, 1.807) is 11.9 Å². The molecule has 1 unspecified atom stereocenters. The van der Waals surface area contributed by atoms with Gasteiger partial charge in [0.1, 0.15) is 11.6 Å². The quantitative estimate of drug-likeness (QED) is 0.526. The zero-order chi connectivity index (χ0) is 25.7. The molecule has 2 saturated heterocycles. The number of carbonyl (C=O) groups is 1. The Hall–Kier alpha value is -3.00. The van der Waals surface area contributed by atoms with Crippen molar-refractivity contribution in [2.24, 2.45) is 0 Å². The number of hydrogen-bond donors (Lipinski definition) is 2. The van der Waals surface area contributed by atoms with Crippen LogP contribution in [-0.4, -0.2) is 67.5 Å². The van der Waals surface area contributed by atoms with Crippen molar-refractivity contribution in [3.63, 3.8) is 0 Å². The highest BCUT2D eigenvalue weighted by molar-refractivity contribution is 5.78. The lowest BCUT2D eigenvalue weighted by atomic mass is 10.0. The summed E-state index contributed by atoms with van der Waals surface area (Å²) in [4.78, 5) is 21.5. The summed E-state index contributed by atoms with van der Waals surface area (Å²) in [7, 11) is 1.37. The molecule has 36 heavy (non-hydrogen) atoms. The lowest BCUT2D eigenvalue weighted by Gasteiger charge is -2.27. The maximum Gasteiger partial charge on any atom is 0.318 e. The number of nitrogens with zero attached hydrogens (tertiary/aromatic N) is 3. The van der Waals surface area contributed by atoms with Gasteiger partial charge in [0.25, 0.3) is 6.43 Å². The second kappa shape index (κ2) is 11.8. The van der Waals surface area contributed by atoms with Gasteiger partial charge in [-0.1, -0.05) is 18.2 Å². The molecular weight excluding hydrogens is 483 g/mol. The van der Waals surface area contributed by atoms with Gasteiger partial charge in [0.2, 0.25) is 5.91 Å². The highest BCUT2D eigenvalue weighted by Crippen LogP contribution is 2.35. The molecule has 13 heteroatoms. The van der Waals surface area contributed by atoms with Gasteiger partial charge in [0.15, 0.2) is 6.29 Å². The first-order valence-electron chi connectivity index (χ1n) is 11.5. The van der Waals surface area contributed by atoms with Crippen LogP contribution in [0.5, 0.6) is 6.01 Å². The Kier molecular flexibility index (Phi) is 8.56. The molecule has 2 aromatic rings. The number of benzene rings is 1. The van der Waals surface area contributed by atoms with Gasteiger partial charge in [0, 0.05) is 18.7 Å². The molecule has 1 aromatic heterocycles. The van der Waals surface area contributed by atoms with Crippen LogP contribution in [0.15, 0.2) is 18.2 Å². The highest BCUT2D eigenvalue weighted by atomic mass is 19.3. The number of amides is 1. The van der Waals surface area contributed by atoms with Crippen LogP contribution in [0.3, 0.4) is 0 Å². The van der Waals surface area contributed by atoms with Crippen LogP contribution >= 0.6 is 0 Å². The van der Waals surface area contributed by atoms with Crippen molar-refractivity contribution < 1.29 is 36.9 Å². The van der Waals surface area contributed by atoms with Gasteiger partial charge in [-0.05, 0) is 6.92 Å². The maximum absolute atomic E-state index is 14.8. The molecule has 2 aliphatic heterocycles. The Bertz CT molecular complexity index is 1060. The van der Waals surface area contributed by atoms with E-state index in [1.165, 1.54) is 19.2 Å². The van der Waals surface area contributed by atoms with Crippen molar-refractivity contribution in [1.29, 1.82) is 0 Å². The predicted molar refractivity (Wildman–Crippen MR) is 121 cm³/mol. The van der Waals surface area contributed by atoms with Crippen molar-refractivity contribution >= 4 is 11.7 Å². The fourth-order valence-electron chi connectivity index (χ4n) is 4.00. The first kappa shape index (κ1) is 26.1. The molecule has 10 nitrogen and oxygen atoms in total. The number of morpholine rings is 1. The van der Waals surface area contributed by atoms with Crippen LogP contribution in [0.4, 0.5) is 19.0 Å². The summed E-state index contributed by atoms with van der Waals surface area (Å²) < 4.78 is 63.1. The van der Waals surface area contributed by atoms with Gasteiger partial charge in [-0.25, -0.2) is 18.2 Å². The van der Waals surface area contributed by atoms with Gasteiger partial charge < -0.3 is 24.3 Å². The number of aromatic nitrogens is 2. The SMILES string of the molecule is COc1nc(CC(=O)NN2CCOCC2)c(C2OCCO2)c(NC(C)c2cccc(C(F)F)c2F)n1. The van der Waals surface area contributed by atoms with E-state index in [1.807, 2.05) is 0 Å². The third-order valence-corrected chi connectivity index (χ3v) is 5.78. The number of methoxy groups -OCH3 is 1. The molecule has 2 aliphatic rings. The number of carbonyl (C=O) groups excluding carboxylic acids is 1. The molecule has 0 spiro atoms. The third kappa shape index (κ3) is 6.03. The van der Waals surface area contributed by atoms with Crippen LogP contribution in [0, 0.1) is 5.82 Å². The van der Waals surface area contributed by atoms with E-state index < -0.39 is 30.1 Å². The second-order valence-electron chi connectivity index (χ2n) is 8.22. The minimum Gasteiger partial charge on any atom is -0.467 e. The van der Waals surface area contributed by atoms with Gasteiger partial charge in [-0.2, -0.15) is 9.97 Å². The number of ether oxygens (including phenoxy) is 4. The monoisotopic (exact) mass is 511 g/mol. The second-order valence-corrected chi connectivity index (χ2v) is 8.22. The van der Waals surface area contributed by atoms with Gasteiger partial charge >= 0.3 is 6.01 Å². The Balaban J connectivity index is 1.65. The van der Waals surface area contributed by atoms with E-state index in [2.05, 4.69) is 20.7 Å². The van der Waals surface area contributed by atoms with Gasteiger partial charge in [-0.3, -0.25) is 10.2 Å². The van der Waals surface area contributed by atoms with Gasteiger partial charge in [0.05, 0.1) is 62.8 Å². The Labute approximate surface area is 206 Å². The smallest absolute Gasteiger partial charge is 0.318 e. The maximum atomic E-state index is 14.8. The molecule has 1 atom stereocenters. The van der Waals surface area contributed by atoms with Crippen molar-refractivity contribution in [2.75, 3.05) is 51.9 Å². The number of hydrazine groups is 1. The molecule has 0 aliphatic carbocycles. The number of anilines is 1. The molecular formula is C23H28F3N5O5. The Morgan fingerprint density at radius 2 is 1.86 bits per heavy atom. The molecule has 4 rings (SSSR count). The number of rotatable bonds is 9. The molecule has 0 radical (unpaired) electrons. The first-order valence-corrected chi connectivity index (χ1v) is 11.5. The van der Waals surface area contributed by atoms with E-state index in [9.17, 15) is 18.0 Å². The van der Waals surface area contributed by atoms with E-state index in [0.29, 0.717) is 45.1 Å². The average molecular weight is 512 g/mol. The molecule has 3 heterocycles. The minimum atomic E-state index is -2.95. The van der Waals surface area contributed by atoms with Crippen LogP contribution in [0.1, 0.15) is 48.1 Å². The number of nitrogens with one attached hydrogen (secondary N) is 2. The molecule has 2 fully saturated rings. The highest BCUT2D eigenvalue weighted by Gasteiger charge is 2.30. The zero-order valence-electron chi connectivity index (χ0n) is 19.9. The zero-order valence-corrected chi connectivity index (χ0v) is 19.9.